The van der Waals surface area contributed by atoms with Crippen LogP contribution in [0.4, 0.5) is 31.0 Å². The van der Waals surface area contributed by atoms with Crippen LogP contribution < -0.4 is 20.9 Å². The fraction of sp³-hybridized carbons (Fsp3) is 0.417. The van der Waals surface area contributed by atoms with Gasteiger partial charge in [0.25, 0.3) is 0 Å². The lowest BCUT2D eigenvalue weighted by atomic mass is 10.0. The highest BCUT2D eigenvalue weighted by Gasteiger charge is 2.24. The predicted octanol–water partition coefficient (Wildman–Crippen LogP) is 5.11. The molecule has 4 amide bonds. The number of carbonyl (C=O) groups excluding carboxylic acids is 2. The van der Waals surface area contributed by atoms with Gasteiger partial charge in [-0.1, -0.05) is 19.9 Å². The van der Waals surface area contributed by atoms with E-state index in [0.29, 0.717) is 24.5 Å². The van der Waals surface area contributed by atoms with Gasteiger partial charge in [0.15, 0.2) is 0 Å². The van der Waals surface area contributed by atoms with Gasteiger partial charge < -0.3 is 25.8 Å². The van der Waals surface area contributed by atoms with Crippen molar-refractivity contribution in [1.29, 1.82) is 0 Å². The van der Waals surface area contributed by atoms with E-state index in [0.717, 1.165) is 11.3 Å². The highest BCUT2D eigenvalue weighted by molar-refractivity contribution is 5.90. The van der Waals surface area contributed by atoms with Crippen LogP contribution in [0.1, 0.15) is 33.3 Å². The first-order valence-corrected chi connectivity index (χ1v) is 10.8. The minimum absolute atomic E-state index is 0.0847. The van der Waals surface area contributed by atoms with Gasteiger partial charge in [-0.15, -0.1) is 0 Å². The quantitative estimate of drug-likeness (QED) is 0.530. The van der Waals surface area contributed by atoms with Gasteiger partial charge in [0.1, 0.15) is 5.82 Å². The maximum absolute atomic E-state index is 13.6. The average Bonchev–Trinajstić information content (AvgIpc) is 2.71. The number of halogens is 1. The molecule has 1 atom stereocenters. The van der Waals surface area contributed by atoms with Crippen LogP contribution in [0.3, 0.4) is 0 Å². The van der Waals surface area contributed by atoms with Gasteiger partial charge in [-0.3, -0.25) is 0 Å². The minimum Gasteiger partial charge on any atom is -0.377 e. The zero-order chi connectivity index (χ0) is 23.8. The molecule has 0 aromatic heterocycles. The zero-order valence-corrected chi connectivity index (χ0v) is 19.7. The number of rotatable bonds is 8. The summed E-state index contributed by atoms with van der Waals surface area (Å²) in [7, 11) is 3.86. The van der Waals surface area contributed by atoms with Crippen molar-refractivity contribution in [3.8, 4) is 0 Å². The Kier molecular flexibility index (Phi) is 8.87. The van der Waals surface area contributed by atoms with E-state index in [-0.39, 0.29) is 24.0 Å². The van der Waals surface area contributed by atoms with Crippen LogP contribution in [0.2, 0.25) is 0 Å². The van der Waals surface area contributed by atoms with E-state index < -0.39 is 5.82 Å². The first-order valence-electron chi connectivity index (χ1n) is 10.8. The second-order valence-corrected chi connectivity index (χ2v) is 8.28. The lowest BCUT2D eigenvalue weighted by Crippen LogP contribution is -2.43. The summed E-state index contributed by atoms with van der Waals surface area (Å²) in [5, 5.41) is 8.33. The highest BCUT2D eigenvalue weighted by atomic mass is 19.1. The molecule has 0 aliphatic rings. The Morgan fingerprint density at radius 3 is 2.28 bits per heavy atom. The standard InChI is InChI=1S/C24H34FN5O2/c1-7-26-23(31)27-21-11-12-22(29(5)6)18(13-21)15-30(17(4)16(2)3)24(32)28-20-10-8-9-19(25)14-20/h8-14,16-17H,7,15H2,1-6H3,(H,28,32)(H2,26,27,31). The third-order valence-electron chi connectivity index (χ3n) is 5.29. The number of hydrogen-bond acceptors (Lipinski definition) is 3. The Bertz CT molecular complexity index is 932. The van der Waals surface area contributed by atoms with Crippen molar-refractivity contribution in [3.05, 3.63) is 53.8 Å². The van der Waals surface area contributed by atoms with Crippen LogP contribution in [0.5, 0.6) is 0 Å². The summed E-state index contributed by atoms with van der Waals surface area (Å²) in [6.07, 6.45) is 0. The molecule has 32 heavy (non-hydrogen) atoms. The third-order valence-corrected chi connectivity index (χ3v) is 5.29. The molecule has 0 saturated heterocycles. The summed E-state index contributed by atoms with van der Waals surface area (Å²) in [6.45, 7) is 8.78. The Hall–Kier alpha value is -3.29. The van der Waals surface area contributed by atoms with Gasteiger partial charge in [-0.2, -0.15) is 0 Å². The number of benzene rings is 2. The Morgan fingerprint density at radius 2 is 1.69 bits per heavy atom. The van der Waals surface area contributed by atoms with E-state index in [9.17, 15) is 14.0 Å². The maximum atomic E-state index is 13.6. The molecule has 174 valence electrons. The lowest BCUT2D eigenvalue weighted by Gasteiger charge is -2.33. The molecule has 0 aliphatic heterocycles. The van der Waals surface area contributed by atoms with Gasteiger partial charge in [0.2, 0.25) is 0 Å². The molecule has 0 fully saturated rings. The number of anilines is 3. The summed E-state index contributed by atoms with van der Waals surface area (Å²) < 4.78 is 13.6. The van der Waals surface area contributed by atoms with Crippen molar-refractivity contribution in [2.24, 2.45) is 5.92 Å². The van der Waals surface area contributed by atoms with Crippen LogP contribution >= 0.6 is 0 Å². The molecule has 0 spiro atoms. The molecule has 2 aromatic rings. The Morgan fingerprint density at radius 1 is 1.00 bits per heavy atom. The van der Waals surface area contributed by atoms with Crippen molar-refractivity contribution >= 4 is 29.1 Å². The molecule has 0 radical (unpaired) electrons. The van der Waals surface area contributed by atoms with Crippen LogP contribution in [0.15, 0.2) is 42.5 Å². The summed E-state index contributed by atoms with van der Waals surface area (Å²) in [6, 6.07) is 10.8. The fourth-order valence-corrected chi connectivity index (χ4v) is 3.27. The van der Waals surface area contributed by atoms with E-state index in [1.807, 2.05) is 64.9 Å². The Labute approximate surface area is 190 Å². The van der Waals surface area contributed by atoms with Crippen molar-refractivity contribution in [3.63, 3.8) is 0 Å². The number of hydrogen-bond donors (Lipinski definition) is 3. The van der Waals surface area contributed by atoms with Gasteiger partial charge >= 0.3 is 12.1 Å². The smallest absolute Gasteiger partial charge is 0.322 e. The van der Waals surface area contributed by atoms with Crippen LogP contribution in [-0.2, 0) is 6.54 Å². The van der Waals surface area contributed by atoms with Gasteiger partial charge in [0, 0.05) is 50.3 Å². The summed E-state index contributed by atoms with van der Waals surface area (Å²) in [4.78, 5) is 28.9. The normalized spacial score (nSPS) is 11.6. The number of carbonyl (C=O) groups is 2. The lowest BCUT2D eigenvalue weighted by molar-refractivity contribution is 0.170. The number of nitrogens with zero attached hydrogens (tertiary/aromatic N) is 2. The summed E-state index contributed by atoms with van der Waals surface area (Å²) in [5.41, 5.74) is 2.85. The van der Waals surface area contributed by atoms with Crippen LogP contribution in [0, 0.1) is 11.7 Å². The summed E-state index contributed by atoms with van der Waals surface area (Å²) in [5.74, 6) is -0.210. The molecule has 1 unspecified atom stereocenters. The van der Waals surface area contributed by atoms with Crippen molar-refractivity contribution in [1.82, 2.24) is 10.2 Å². The number of amides is 4. The molecule has 0 saturated carbocycles. The largest absolute Gasteiger partial charge is 0.377 e. The second-order valence-electron chi connectivity index (χ2n) is 8.28. The fourth-order valence-electron chi connectivity index (χ4n) is 3.27. The number of urea groups is 2. The zero-order valence-electron chi connectivity index (χ0n) is 19.7. The predicted molar refractivity (Wildman–Crippen MR) is 129 cm³/mol. The molecule has 8 heteroatoms. The first-order chi connectivity index (χ1) is 15.1. The first kappa shape index (κ1) is 25.0. The molecule has 2 aromatic carbocycles. The van der Waals surface area contributed by atoms with Gasteiger partial charge in [0.05, 0.1) is 0 Å². The van der Waals surface area contributed by atoms with E-state index in [4.69, 9.17) is 0 Å². The van der Waals surface area contributed by atoms with E-state index in [1.165, 1.54) is 12.1 Å². The molecule has 2 rings (SSSR count). The van der Waals surface area contributed by atoms with E-state index >= 15 is 0 Å². The molecule has 0 aliphatic carbocycles. The minimum atomic E-state index is -0.412. The second kappa shape index (κ2) is 11.4. The summed E-state index contributed by atoms with van der Waals surface area (Å²) >= 11 is 0. The van der Waals surface area contributed by atoms with Gasteiger partial charge in [-0.25, -0.2) is 14.0 Å². The van der Waals surface area contributed by atoms with Crippen LogP contribution in [-0.4, -0.2) is 43.6 Å². The number of nitrogens with one attached hydrogen (secondary N) is 3. The maximum Gasteiger partial charge on any atom is 0.322 e. The average molecular weight is 444 g/mol. The molecular formula is C24H34FN5O2. The molecule has 0 heterocycles. The van der Waals surface area contributed by atoms with Crippen molar-refractivity contribution in [2.75, 3.05) is 36.2 Å². The molecule has 3 N–H and O–H groups in total. The molecular weight excluding hydrogens is 409 g/mol. The van der Waals surface area contributed by atoms with Crippen molar-refractivity contribution in [2.45, 2.75) is 40.3 Å². The van der Waals surface area contributed by atoms with E-state index in [1.54, 1.807) is 17.0 Å². The van der Waals surface area contributed by atoms with Crippen molar-refractivity contribution < 1.29 is 14.0 Å². The topological polar surface area (TPSA) is 76.7 Å². The molecule has 7 nitrogen and oxygen atoms in total. The van der Waals surface area contributed by atoms with E-state index in [2.05, 4.69) is 16.0 Å². The SMILES string of the molecule is CCNC(=O)Nc1ccc(N(C)C)c(CN(C(=O)Nc2cccc(F)c2)C(C)C(C)C)c1. The highest BCUT2D eigenvalue weighted by Crippen LogP contribution is 2.27. The monoisotopic (exact) mass is 443 g/mol. The third kappa shape index (κ3) is 6.87. The van der Waals surface area contributed by atoms with Gasteiger partial charge in [-0.05, 0) is 61.7 Å². The Balaban J connectivity index is 2.36. The molecule has 0 bridgehead atoms. The van der Waals surface area contributed by atoms with Crippen LogP contribution in [0.25, 0.3) is 0 Å².